The Morgan fingerprint density at radius 1 is 1.00 bits per heavy atom. The fraction of sp³-hybridized carbons (Fsp3) is 0.727. The van der Waals surface area contributed by atoms with E-state index in [0.29, 0.717) is 12.7 Å². The zero-order valence-electron chi connectivity index (χ0n) is 16.9. The molecule has 0 radical (unpaired) electrons. The summed E-state index contributed by atoms with van der Waals surface area (Å²) in [4.78, 5) is 0. The van der Waals surface area contributed by atoms with Crippen LogP contribution in [0.15, 0.2) is 30.3 Å². The molecule has 0 saturated heterocycles. The van der Waals surface area contributed by atoms with E-state index in [2.05, 4.69) is 45.3 Å². The maximum absolute atomic E-state index is 9.68. The quantitative estimate of drug-likeness (QED) is 0.386. The molecule has 3 nitrogen and oxygen atoms in total. The van der Waals surface area contributed by atoms with E-state index in [1.165, 1.54) is 37.7 Å². The van der Waals surface area contributed by atoms with E-state index in [4.69, 9.17) is 4.74 Å². The van der Waals surface area contributed by atoms with Gasteiger partial charge in [0, 0.05) is 6.42 Å². The molecular formula is C22H40NO2+. The molecule has 0 aliphatic rings. The van der Waals surface area contributed by atoms with Crippen molar-refractivity contribution in [2.45, 2.75) is 77.6 Å². The van der Waals surface area contributed by atoms with Gasteiger partial charge in [0.05, 0.1) is 33.4 Å². The van der Waals surface area contributed by atoms with Crippen molar-refractivity contribution in [3.63, 3.8) is 0 Å². The Balaban J connectivity index is 2.45. The molecule has 0 aliphatic carbocycles. The van der Waals surface area contributed by atoms with Gasteiger partial charge in [0.15, 0.2) is 0 Å². The van der Waals surface area contributed by atoms with Gasteiger partial charge in [0.1, 0.15) is 12.6 Å². The zero-order valence-corrected chi connectivity index (χ0v) is 16.9. The second-order valence-electron chi connectivity index (χ2n) is 8.10. The molecule has 0 heterocycles. The van der Waals surface area contributed by atoms with Gasteiger partial charge in [-0.1, -0.05) is 69.4 Å². The van der Waals surface area contributed by atoms with E-state index in [-0.39, 0.29) is 6.10 Å². The van der Waals surface area contributed by atoms with Crippen LogP contribution >= 0.6 is 0 Å². The first-order valence-corrected chi connectivity index (χ1v) is 10.1. The molecule has 2 unspecified atom stereocenters. The summed E-state index contributed by atoms with van der Waals surface area (Å²) in [7, 11) is 4.39. The third-order valence-corrected chi connectivity index (χ3v) is 4.77. The molecule has 0 fully saturated rings. The third kappa shape index (κ3) is 11.4. The molecule has 1 N–H and O–H groups in total. The second kappa shape index (κ2) is 12.5. The van der Waals surface area contributed by atoms with Crippen LogP contribution in [0.3, 0.4) is 0 Å². The highest BCUT2D eigenvalue weighted by atomic mass is 16.5. The Labute approximate surface area is 155 Å². The Kier molecular flexibility index (Phi) is 11.0. The fourth-order valence-electron chi connectivity index (χ4n) is 3.37. The van der Waals surface area contributed by atoms with Crippen molar-refractivity contribution in [3.8, 4) is 0 Å². The van der Waals surface area contributed by atoms with Gasteiger partial charge in [-0.05, 0) is 18.9 Å². The molecule has 0 spiro atoms. The maximum Gasteiger partial charge on any atom is 0.104 e. The van der Waals surface area contributed by atoms with E-state index in [1.54, 1.807) is 0 Å². The third-order valence-electron chi connectivity index (χ3n) is 4.77. The highest BCUT2D eigenvalue weighted by Gasteiger charge is 2.20. The lowest BCUT2D eigenvalue weighted by Crippen LogP contribution is -2.46. The van der Waals surface area contributed by atoms with Crippen molar-refractivity contribution in [1.29, 1.82) is 0 Å². The van der Waals surface area contributed by atoms with Crippen LogP contribution in [-0.4, -0.2) is 49.0 Å². The topological polar surface area (TPSA) is 29.5 Å². The zero-order chi connectivity index (χ0) is 18.5. The van der Waals surface area contributed by atoms with Gasteiger partial charge in [0.25, 0.3) is 0 Å². The van der Waals surface area contributed by atoms with Crippen LogP contribution in [-0.2, 0) is 11.3 Å². The summed E-state index contributed by atoms with van der Waals surface area (Å²) in [5, 5.41) is 9.68. The normalized spacial score (nSPS) is 14.4. The molecular weight excluding hydrogens is 310 g/mol. The van der Waals surface area contributed by atoms with Crippen molar-refractivity contribution in [2.24, 2.45) is 0 Å². The van der Waals surface area contributed by atoms with Crippen LogP contribution in [0.25, 0.3) is 0 Å². The van der Waals surface area contributed by atoms with Gasteiger partial charge in [0.2, 0.25) is 0 Å². The average Bonchev–Trinajstić information content (AvgIpc) is 2.56. The molecule has 1 aromatic rings. The minimum Gasteiger partial charge on any atom is -0.388 e. The molecule has 3 heteroatoms. The minimum atomic E-state index is -0.257. The monoisotopic (exact) mass is 350 g/mol. The summed E-state index contributed by atoms with van der Waals surface area (Å²) in [6, 6.07) is 10.4. The molecule has 1 aromatic carbocycles. The number of likely N-dealkylation sites (N-methyl/N-ethyl adjacent to an activating group) is 1. The highest BCUT2D eigenvalue weighted by Crippen LogP contribution is 2.16. The Morgan fingerprint density at radius 2 is 1.68 bits per heavy atom. The van der Waals surface area contributed by atoms with Crippen LogP contribution in [0.4, 0.5) is 0 Å². The summed E-state index contributed by atoms with van der Waals surface area (Å²) in [6.45, 7) is 6.66. The molecule has 0 aliphatic heterocycles. The summed E-state index contributed by atoms with van der Waals surface area (Å²) in [5.74, 6) is 0. The standard InChI is InChI=1S/C22H40NO2/c1-5-6-7-8-12-15-22(16-17-23(3,4)18-20(2)24)25-19-21-13-10-9-11-14-21/h9-11,13-14,20,22,24H,5-8,12,15-19H2,1-4H3/q+1. The SMILES string of the molecule is CCCCCCCC(CC[N+](C)(C)CC(C)O)OCc1ccccc1. The molecule has 25 heavy (non-hydrogen) atoms. The number of nitrogens with zero attached hydrogens (tertiary/aromatic N) is 1. The van der Waals surface area contributed by atoms with Gasteiger partial charge < -0.3 is 14.3 Å². The molecule has 0 amide bonds. The van der Waals surface area contributed by atoms with Gasteiger partial charge >= 0.3 is 0 Å². The fourth-order valence-corrected chi connectivity index (χ4v) is 3.37. The molecule has 144 valence electrons. The number of hydrogen-bond acceptors (Lipinski definition) is 2. The lowest BCUT2D eigenvalue weighted by Gasteiger charge is -2.32. The summed E-state index contributed by atoms with van der Waals surface area (Å²) in [6.07, 6.45) is 8.79. The van der Waals surface area contributed by atoms with E-state index in [0.717, 1.165) is 30.4 Å². The Bertz CT molecular complexity index is 431. The van der Waals surface area contributed by atoms with Crippen LogP contribution in [0.5, 0.6) is 0 Å². The lowest BCUT2D eigenvalue weighted by atomic mass is 10.1. The van der Waals surface area contributed by atoms with Crippen molar-refractivity contribution in [1.82, 2.24) is 0 Å². The second-order valence-corrected chi connectivity index (χ2v) is 8.10. The molecule has 0 saturated carbocycles. The first kappa shape index (κ1) is 22.1. The number of quaternary nitrogens is 1. The molecule has 1 rings (SSSR count). The first-order chi connectivity index (χ1) is 11.9. The highest BCUT2D eigenvalue weighted by molar-refractivity contribution is 5.13. The Morgan fingerprint density at radius 3 is 2.32 bits per heavy atom. The van der Waals surface area contributed by atoms with Crippen molar-refractivity contribution < 1.29 is 14.3 Å². The van der Waals surface area contributed by atoms with Crippen LogP contribution in [0, 0.1) is 0 Å². The summed E-state index contributed by atoms with van der Waals surface area (Å²) < 4.78 is 7.11. The summed E-state index contributed by atoms with van der Waals surface area (Å²) >= 11 is 0. The number of benzene rings is 1. The van der Waals surface area contributed by atoms with Crippen LogP contribution in [0.2, 0.25) is 0 Å². The van der Waals surface area contributed by atoms with Crippen molar-refractivity contribution in [2.75, 3.05) is 27.2 Å². The van der Waals surface area contributed by atoms with Crippen LogP contribution in [0.1, 0.15) is 64.4 Å². The minimum absolute atomic E-state index is 0.257. The van der Waals surface area contributed by atoms with Gasteiger partial charge in [-0.15, -0.1) is 0 Å². The average molecular weight is 351 g/mol. The molecule has 2 atom stereocenters. The number of rotatable bonds is 14. The van der Waals surface area contributed by atoms with E-state index in [1.807, 2.05) is 13.0 Å². The summed E-state index contributed by atoms with van der Waals surface area (Å²) in [5.41, 5.74) is 1.25. The van der Waals surface area contributed by atoms with Gasteiger partial charge in [-0.3, -0.25) is 0 Å². The number of ether oxygens (including phenoxy) is 1. The lowest BCUT2D eigenvalue weighted by molar-refractivity contribution is -0.893. The number of aliphatic hydroxyl groups is 1. The first-order valence-electron chi connectivity index (χ1n) is 10.1. The Hall–Kier alpha value is -0.900. The van der Waals surface area contributed by atoms with Crippen molar-refractivity contribution in [3.05, 3.63) is 35.9 Å². The van der Waals surface area contributed by atoms with E-state index < -0.39 is 0 Å². The van der Waals surface area contributed by atoms with E-state index in [9.17, 15) is 5.11 Å². The van der Waals surface area contributed by atoms with E-state index >= 15 is 0 Å². The predicted octanol–water partition coefficient (Wildman–Crippen LogP) is 4.78. The van der Waals surface area contributed by atoms with Gasteiger partial charge in [-0.2, -0.15) is 0 Å². The molecule has 0 aromatic heterocycles. The molecule has 0 bridgehead atoms. The number of hydrogen-bond donors (Lipinski definition) is 1. The van der Waals surface area contributed by atoms with Crippen LogP contribution < -0.4 is 0 Å². The van der Waals surface area contributed by atoms with Gasteiger partial charge in [-0.25, -0.2) is 0 Å². The largest absolute Gasteiger partial charge is 0.388 e. The smallest absolute Gasteiger partial charge is 0.104 e. The predicted molar refractivity (Wildman–Crippen MR) is 107 cm³/mol. The number of unbranched alkanes of at least 4 members (excludes halogenated alkanes) is 4. The number of aliphatic hydroxyl groups excluding tert-OH is 1. The van der Waals surface area contributed by atoms with Crippen molar-refractivity contribution >= 4 is 0 Å². The maximum atomic E-state index is 9.68.